The summed E-state index contributed by atoms with van der Waals surface area (Å²) in [6.07, 6.45) is 17.9. The van der Waals surface area contributed by atoms with Crippen molar-refractivity contribution in [3.05, 3.63) is 35.4 Å². The molecule has 1 aromatic rings. The zero-order valence-electron chi connectivity index (χ0n) is 16.8. The number of hydrogen-bond donors (Lipinski definition) is 1. The SMILES string of the molecule is C=C1CCCCCCCCCCCCCCc2cc(c(C)cc2O)OC1. The van der Waals surface area contributed by atoms with Crippen LogP contribution in [0.3, 0.4) is 0 Å². The molecule has 0 radical (unpaired) electrons. The highest BCUT2D eigenvalue weighted by Gasteiger charge is 2.09. The highest BCUT2D eigenvalue weighted by molar-refractivity contribution is 5.45. The Morgan fingerprint density at radius 3 is 1.85 bits per heavy atom. The van der Waals surface area contributed by atoms with Crippen LogP contribution in [0.25, 0.3) is 0 Å². The molecule has 0 fully saturated rings. The van der Waals surface area contributed by atoms with Crippen LogP contribution in [0.15, 0.2) is 24.3 Å². The fraction of sp³-hybridized carbons (Fsp3) is 0.667. The summed E-state index contributed by atoms with van der Waals surface area (Å²) in [6.45, 7) is 6.77. The molecule has 0 amide bonds. The molecule has 1 aromatic carbocycles. The van der Waals surface area contributed by atoms with E-state index in [9.17, 15) is 5.11 Å². The summed E-state index contributed by atoms with van der Waals surface area (Å²) < 4.78 is 6.02. The van der Waals surface area contributed by atoms with Crippen LogP contribution in [0.1, 0.15) is 94.6 Å². The smallest absolute Gasteiger partial charge is 0.123 e. The van der Waals surface area contributed by atoms with Gasteiger partial charge in [-0.15, -0.1) is 0 Å². The van der Waals surface area contributed by atoms with Gasteiger partial charge in [-0.2, -0.15) is 0 Å². The summed E-state index contributed by atoms with van der Waals surface area (Å²) >= 11 is 0. The van der Waals surface area contributed by atoms with E-state index >= 15 is 0 Å². The minimum Gasteiger partial charge on any atom is -0.508 e. The Bertz CT molecular complexity index is 547. The lowest BCUT2D eigenvalue weighted by Crippen LogP contribution is -2.03. The topological polar surface area (TPSA) is 29.5 Å². The molecular weight excluding hydrogens is 320 g/mol. The zero-order chi connectivity index (χ0) is 18.6. The maximum Gasteiger partial charge on any atom is 0.123 e. The van der Waals surface area contributed by atoms with E-state index in [1.165, 1.54) is 76.2 Å². The van der Waals surface area contributed by atoms with Crippen LogP contribution >= 0.6 is 0 Å². The van der Waals surface area contributed by atoms with E-state index in [0.29, 0.717) is 12.4 Å². The first-order chi connectivity index (χ1) is 12.7. The number of aryl methyl sites for hydroxylation is 2. The Morgan fingerprint density at radius 1 is 0.769 bits per heavy atom. The lowest BCUT2D eigenvalue weighted by Gasteiger charge is -2.14. The number of ether oxygens (including phenoxy) is 1. The van der Waals surface area contributed by atoms with Gasteiger partial charge in [0.1, 0.15) is 18.1 Å². The average Bonchev–Trinajstić information content (AvgIpc) is 2.61. The highest BCUT2D eigenvalue weighted by Crippen LogP contribution is 2.29. The van der Waals surface area contributed by atoms with Crippen LogP contribution in [-0.4, -0.2) is 11.7 Å². The fourth-order valence-corrected chi connectivity index (χ4v) is 3.78. The van der Waals surface area contributed by atoms with E-state index in [4.69, 9.17) is 4.74 Å². The van der Waals surface area contributed by atoms with Crippen molar-refractivity contribution in [1.82, 2.24) is 0 Å². The van der Waals surface area contributed by atoms with Gasteiger partial charge in [0, 0.05) is 0 Å². The number of hydrogen-bond acceptors (Lipinski definition) is 2. The molecular formula is C24H38O2. The third-order valence-corrected chi connectivity index (χ3v) is 5.53. The van der Waals surface area contributed by atoms with Gasteiger partial charge in [0.2, 0.25) is 0 Å². The van der Waals surface area contributed by atoms with Crippen LogP contribution in [0.2, 0.25) is 0 Å². The summed E-state index contributed by atoms with van der Waals surface area (Å²) in [5.41, 5.74) is 3.19. The number of benzene rings is 1. The molecule has 0 spiro atoms. The van der Waals surface area contributed by atoms with Crippen LogP contribution in [0.5, 0.6) is 11.5 Å². The van der Waals surface area contributed by atoms with E-state index in [0.717, 1.165) is 36.1 Å². The average molecular weight is 359 g/mol. The molecule has 0 saturated carbocycles. The van der Waals surface area contributed by atoms with Gasteiger partial charge in [-0.3, -0.25) is 0 Å². The highest BCUT2D eigenvalue weighted by atomic mass is 16.5. The van der Waals surface area contributed by atoms with Gasteiger partial charge in [0.05, 0.1) is 0 Å². The third kappa shape index (κ3) is 7.85. The number of aromatic hydroxyl groups is 1. The zero-order valence-corrected chi connectivity index (χ0v) is 16.8. The first-order valence-corrected chi connectivity index (χ1v) is 10.8. The standard InChI is InChI=1S/C24H38O2/c1-20-15-13-11-9-7-5-3-4-6-8-10-12-14-16-22-18-24(26-19-20)21(2)17-23(22)25/h17-18,25H,1,3-16,19H2,2H3. The molecule has 2 nitrogen and oxygen atoms in total. The lowest BCUT2D eigenvalue weighted by atomic mass is 10.0. The van der Waals surface area contributed by atoms with Crippen molar-refractivity contribution in [3.63, 3.8) is 0 Å². The third-order valence-electron chi connectivity index (χ3n) is 5.53. The maximum absolute atomic E-state index is 10.2. The van der Waals surface area contributed by atoms with Crippen molar-refractivity contribution < 1.29 is 9.84 Å². The summed E-state index contributed by atoms with van der Waals surface area (Å²) in [5, 5.41) is 10.2. The Morgan fingerprint density at radius 2 is 1.27 bits per heavy atom. The van der Waals surface area contributed by atoms with Gasteiger partial charge in [-0.05, 0) is 61.4 Å². The Labute approximate surface area is 160 Å². The summed E-state index contributed by atoms with van der Waals surface area (Å²) in [4.78, 5) is 0. The molecule has 0 aliphatic carbocycles. The molecule has 26 heavy (non-hydrogen) atoms. The molecule has 2 bridgehead atoms. The second-order valence-electron chi connectivity index (χ2n) is 8.03. The number of phenolic OH excluding ortho intramolecular Hbond substituents is 1. The van der Waals surface area contributed by atoms with E-state index in [1.807, 2.05) is 19.1 Å². The molecule has 1 aliphatic rings. The number of rotatable bonds is 0. The second-order valence-corrected chi connectivity index (χ2v) is 8.03. The van der Waals surface area contributed by atoms with Gasteiger partial charge in [0.25, 0.3) is 0 Å². The number of phenols is 1. The lowest BCUT2D eigenvalue weighted by molar-refractivity contribution is 0.342. The Hall–Kier alpha value is -1.44. The van der Waals surface area contributed by atoms with Gasteiger partial charge in [-0.1, -0.05) is 70.8 Å². The maximum atomic E-state index is 10.2. The quantitative estimate of drug-likeness (QED) is 0.494. The summed E-state index contributed by atoms with van der Waals surface area (Å²) in [5.74, 6) is 1.31. The number of fused-ring (bicyclic) bond motifs is 2. The van der Waals surface area contributed by atoms with E-state index < -0.39 is 0 Å². The molecule has 1 aliphatic heterocycles. The van der Waals surface area contributed by atoms with Crippen LogP contribution in [0, 0.1) is 6.92 Å². The first kappa shape index (κ1) is 20.9. The molecule has 0 aromatic heterocycles. The minimum atomic E-state index is 0.413. The molecule has 0 atom stereocenters. The Kier molecular flexibility index (Phi) is 9.66. The largest absolute Gasteiger partial charge is 0.508 e. The molecule has 0 saturated heterocycles. The monoisotopic (exact) mass is 358 g/mol. The molecule has 146 valence electrons. The van der Waals surface area contributed by atoms with Crippen molar-refractivity contribution in [2.45, 2.75) is 96.8 Å². The minimum absolute atomic E-state index is 0.413. The van der Waals surface area contributed by atoms with Crippen molar-refractivity contribution in [3.8, 4) is 11.5 Å². The van der Waals surface area contributed by atoms with Gasteiger partial charge in [0.15, 0.2) is 0 Å². The van der Waals surface area contributed by atoms with Crippen LogP contribution in [-0.2, 0) is 6.42 Å². The molecule has 1 N–H and O–H groups in total. The van der Waals surface area contributed by atoms with E-state index in [1.54, 1.807) is 0 Å². The summed E-state index contributed by atoms with van der Waals surface area (Å²) in [6, 6.07) is 3.88. The molecule has 2 heteroatoms. The van der Waals surface area contributed by atoms with Crippen LogP contribution < -0.4 is 4.74 Å². The van der Waals surface area contributed by atoms with Crippen molar-refractivity contribution in [2.24, 2.45) is 0 Å². The van der Waals surface area contributed by atoms with Crippen molar-refractivity contribution in [1.29, 1.82) is 0 Å². The van der Waals surface area contributed by atoms with Crippen molar-refractivity contribution >= 4 is 0 Å². The summed E-state index contributed by atoms with van der Waals surface area (Å²) in [7, 11) is 0. The molecule has 1 heterocycles. The van der Waals surface area contributed by atoms with Crippen LogP contribution in [0.4, 0.5) is 0 Å². The van der Waals surface area contributed by atoms with E-state index in [-0.39, 0.29) is 0 Å². The predicted octanol–water partition coefficient (Wildman–Crippen LogP) is 7.26. The van der Waals surface area contributed by atoms with Crippen molar-refractivity contribution in [2.75, 3.05) is 6.61 Å². The van der Waals surface area contributed by atoms with Gasteiger partial charge >= 0.3 is 0 Å². The predicted molar refractivity (Wildman–Crippen MR) is 111 cm³/mol. The normalized spacial score (nSPS) is 19.5. The Balaban J connectivity index is 1.93. The molecule has 0 unspecified atom stereocenters. The van der Waals surface area contributed by atoms with Gasteiger partial charge in [-0.25, -0.2) is 0 Å². The van der Waals surface area contributed by atoms with E-state index in [2.05, 4.69) is 6.58 Å². The van der Waals surface area contributed by atoms with Gasteiger partial charge < -0.3 is 9.84 Å². The first-order valence-electron chi connectivity index (χ1n) is 10.8. The molecule has 2 rings (SSSR count). The fourth-order valence-electron chi connectivity index (χ4n) is 3.78. The second kappa shape index (κ2) is 12.0.